The van der Waals surface area contributed by atoms with Crippen LogP contribution in [0, 0.1) is 5.92 Å². The van der Waals surface area contributed by atoms with Gasteiger partial charge in [-0.2, -0.15) is 0 Å². The zero-order valence-corrected chi connectivity index (χ0v) is 11.7. The average Bonchev–Trinajstić information content (AvgIpc) is 2.23. The highest BCUT2D eigenvalue weighted by atomic mass is 35.5. The molecule has 0 aliphatic heterocycles. The van der Waals surface area contributed by atoms with Crippen LogP contribution >= 0.6 is 23.2 Å². The van der Waals surface area contributed by atoms with Crippen molar-refractivity contribution in [2.75, 3.05) is 6.54 Å². The Morgan fingerprint density at radius 3 is 2.76 bits per heavy atom. The molecule has 1 N–H and O–H groups in total. The third-order valence-electron chi connectivity index (χ3n) is 3.46. The third-order valence-corrected chi connectivity index (χ3v) is 4.32. The number of benzene rings is 1. The van der Waals surface area contributed by atoms with E-state index in [2.05, 4.69) is 18.3 Å². The monoisotopic (exact) mass is 271 g/mol. The van der Waals surface area contributed by atoms with Gasteiger partial charge in [0.25, 0.3) is 0 Å². The van der Waals surface area contributed by atoms with Crippen LogP contribution in [0.25, 0.3) is 0 Å². The van der Waals surface area contributed by atoms with Gasteiger partial charge in [-0.1, -0.05) is 48.7 Å². The second-order valence-corrected chi connectivity index (χ2v) is 5.84. The smallest absolute Gasteiger partial charge is 0.0624 e. The van der Waals surface area contributed by atoms with Crippen molar-refractivity contribution in [2.24, 2.45) is 5.92 Å². The molecule has 0 radical (unpaired) electrons. The molecule has 1 aliphatic carbocycles. The third kappa shape index (κ3) is 3.61. The minimum atomic E-state index is 0.589. The van der Waals surface area contributed by atoms with E-state index in [0.717, 1.165) is 24.6 Å². The van der Waals surface area contributed by atoms with Gasteiger partial charge >= 0.3 is 0 Å². The van der Waals surface area contributed by atoms with E-state index in [1.54, 1.807) is 0 Å². The molecule has 1 aromatic rings. The normalized spacial score (nSPS) is 17.8. The Morgan fingerprint density at radius 2 is 2.12 bits per heavy atom. The van der Waals surface area contributed by atoms with E-state index in [4.69, 9.17) is 23.2 Å². The minimum Gasteiger partial charge on any atom is -0.314 e. The molecule has 0 aromatic heterocycles. The summed E-state index contributed by atoms with van der Waals surface area (Å²) in [5.41, 5.74) is 1.15. The van der Waals surface area contributed by atoms with Crippen LogP contribution in [-0.2, 0) is 6.42 Å². The summed E-state index contributed by atoms with van der Waals surface area (Å²) in [7, 11) is 0. The van der Waals surface area contributed by atoms with Crippen LogP contribution in [0.5, 0.6) is 0 Å². The molecule has 1 aromatic carbocycles. The van der Waals surface area contributed by atoms with Crippen molar-refractivity contribution in [1.29, 1.82) is 0 Å². The van der Waals surface area contributed by atoms with Gasteiger partial charge in [0, 0.05) is 6.04 Å². The first-order valence-corrected chi connectivity index (χ1v) is 7.08. The number of halogens is 2. The van der Waals surface area contributed by atoms with Gasteiger partial charge < -0.3 is 5.32 Å². The molecule has 0 spiro atoms. The fourth-order valence-electron chi connectivity index (χ4n) is 2.13. The van der Waals surface area contributed by atoms with E-state index in [1.807, 2.05) is 12.1 Å². The van der Waals surface area contributed by atoms with Crippen LogP contribution < -0.4 is 5.32 Å². The maximum Gasteiger partial charge on any atom is 0.0624 e. The highest BCUT2D eigenvalue weighted by Gasteiger charge is 2.17. The topological polar surface area (TPSA) is 12.0 Å². The van der Waals surface area contributed by atoms with E-state index >= 15 is 0 Å². The predicted molar refractivity (Wildman–Crippen MR) is 75.0 cm³/mol. The molecule has 1 atom stereocenters. The Bertz CT molecular complexity index is 374. The molecular formula is C14H19Cl2N. The van der Waals surface area contributed by atoms with Crippen molar-refractivity contribution in [3.63, 3.8) is 0 Å². The van der Waals surface area contributed by atoms with Gasteiger partial charge in [0.2, 0.25) is 0 Å². The van der Waals surface area contributed by atoms with E-state index in [0.29, 0.717) is 16.0 Å². The van der Waals surface area contributed by atoms with Gasteiger partial charge in [-0.15, -0.1) is 0 Å². The standard InChI is InChI=1S/C14H19Cl2N/c1-10(9-17-12-5-3-6-12)8-11-4-2-7-13(15)14(11)16/h2,4,7,10,12,17H,3,5-6,8-9H2,1H3. The lowest BCUT2D eigenvalue weighted by Gasteiger charge is -2.28. The first-order valence-electron chi connectivity index (χ1n) is 6.33. The van der Waals surface area contributed by atoms with Gasteiger partial charge in [0.05, 0.1) is 10.0 Å². The molecule has 1 unspecified atom stereocenters. The SMILES string of the molecule is CC(CNC1CCC1)Cc1cccc(Cl)c1Cl. The Balaban J connectivity index is 1.84. The molecule has 94 valence electrons. The first kappa shape index (κ1) is 13.2. The number of hydrogen-bond acceptors (Lipinski definition) is 1. The summed E-state index contributed by atoms with van der Waals surface area (Å²) in [5.74, 6) is 0.589. The van der Waals surface area contributed by atoms with E-state index in [-0.39, 0.29) is 0 Å². The van der Waals surface area contributed by atoms with Crippen molar-refractivity contribution < 1.29 is 0 Å². The Kier molecular flexibility index (Phi) is 4.72. The van der Waals surface area contributed by atoms with E-state index < -0.39 is 0 Å². The average molecular weight is 272 g/mol. The highest BCUT2D eigenvalue weighted by molar-refractivity contribution is 6.42. The van der Waals surface area contributed by atoms with Gasteiger partial charge in [-0.3, -0.25) is 0 Å². The van der Waals surface area contributed by atoms with Gasteiger partial charge in [0.1, 0.15) is 0 Å². The molecule has 0 saturated heterocycles. The van der Waals surface area contributed by atoms with Crippen LogP contribution in [0.4, 0.5) is 0 Å². The zero-order chi connectivity index (χ0) is 12.3. The van der Waals surface area contributed by atoms with Crippen molar-refractivity contribution in [3.8, 4) is 0 Å². The van der Waals surface area contributed by atoms with Gasteiger partial charge in [-0.05, 0) is 43.4 Å². The second-order valence-electron chi connectivity index (χ2n) is 5.06. The van der Waals surface area contributed by atoms with Crippen LogP contribution in [0.15, 0.2) is 18.2 Å². The molecule has 3 heteroatoms. The lowest BCUT2D eigenvalue weighted by Crippen LogP contribution is -2.38. The van der Waals surface area contributed by atoms with Crippen molar-refractivity contribution >= 4 is 23.2 Å². The van der Waals surface area contributed by atoms with Crippen LogP contribution in [-0.4, -0.2) is 12.6 Å². The summed E-state index contributed by atoms with van der Waals surface area (Å²) < 4.78 is 0. The quantitative estimate of drug-likeness (QED) is 0.842. The summed E-state index contributed by atoms with van der Waals surface area (Å²) in [5, 5.41) is 4.97. The zero-order valence-electron chi connectivity index (χ0n) is 10.2. The van der Waals surface area contributed by atoms with Gasteiger partial charge in [-0.25, -0.2) is 0 Å². The molecular weight excluding hydrogens is 253 g/mol. The molecule has 2 rings (SSSR count). The summed E-state index contributed by atoms with van der Waals surface area (Å²) in [6.07, 6.45) is 5.04. The molecule has 1 fully saturated rings. The number of nitrogens with one attached hydrogen (secondary N) is 1. The summed E-state index contributed by atoms with van der Waals surface area (Å²) >= 11 is 12.2. The molecule has 0 bridgehead atoms. The van der Waals surface area contributed by atoms with Gasteiger partial charge in [0.15, 0.2) is 0 Å². The summed E-state index contributed by atoms with van der Waals surface area (Å²) in [6.45, 7) is 3.32. The van der Waals surface area contributed by atoms with Crippen LogP contribution in [0.1, 0.15) is 31.7 Å². The fraction of sp³-hybridized carbons (Fsp3) is 0.571. The Hall–Kier alpha value is -0.240. The van der Waals surface area contributed by atoms with E-state index in [1.165, 1.54) is 19.3 Å². The highest BCUT2D eigenvalue weighted by Crippen LogP contribution is 2.27. The molecule has 1 aliphatic rings. The molecule has 0 amide bonds. The fourth-order valence-corrected chi connectivity index (χ4v) is 2.53. The Morgan fingerprint density at radius 1 is 1.35 bits per heavy atom. The molecule has 1 nitrogen and oxygen atoms in total. The number of hydrogen-bond donors (Lipinski definition) is 1. The van der Waals surface area contributed by atoms with Crippen molar-refractivity contribution in [2.45, 2.75) is 38.6 Å². The van der Waals surface area contributed by atoms with E-state index in [9.17, 15) is 0 Å². The van der Waals surface area contributed by atoms with Crippen LogP contribution in [0.2, 0.25) is 10.0 Å². The molecule has 0 heterocycles. The summed E-state index contributed by atoms with van der Waals surface area (Å²) in [6, 6.07) is 6.63. The Labute approximate surface area is 114 Å². The second kappa shape index (κ2) is 6.08. The van der Waals surface area contributed by atoms with Crippen LogP contribution in [0.3, 0.4) is 0 Å². The van der Waals surface area contributed by atoms with Crippen molar-refractivity contribution in [1.82, 2.24) is 5.32 Å². The molecule has 17 heavy (non-hydrogen) atoms. The lowest BCUT2D eigenvalue weighted by atomic mass is 9.92. The van der Waals surface area contributed by atoms with Crippen molar-refractivity contribution in [3.05, 3.63) is 33.8 Å². The molecule has 1 saturated carbocycles. The number of rotatable bonds is 5. The minimum absolute atomic E-state index is 0.589. The maximum absolute atomic E-state index is 6.19. The lowest BCUT2D eigenvalue weighted by molar-refractivity contribution is 0.320. The predicted octanol–water partition coefficient (Wildman–Crippen LogP) is 4.31. The summed E-state index contributed by atoms with van der Waals surface area (Å²) in [4.78, 5) is 0. The largest absolute Gasteiger partial charge is 0.314 e. The first-order chi connectivity index (χ1) is 8.16. The maximum atomic E-state index is 6.19.